The summed E-state index contributed by atoms with van der Waals surface area (Å²) in [7, 11) is 0. The van der Waals surface area contributed by atoms with Gasteiger partial charge in [-0.2, -0.15) is 0 Å². The Morgan fingerprint density at radius 1 is 1.29 bits per heavy atom. The minimum Gasteiger partial charge on any atom is -0.489 e. The van der Waals surface area contributed by atoms with E-state index in [-0.39, 0.29) is 12.2 Å². The summed E-state index contributed by atoms with van der Waals surface area (Å²) in [5, 5.41) is 9.33. The highest BCUT2D eigenvalue weighted by molar-refractivity contribution is 5.15. The predicted molar refractivity (Wildman–Crippen MR) is 53.1 cm³/mol. The minimum atomic E-state index is -0.122. The number of hydrogen-bond donors (Lipinski definition) is 1. The summed E-state index contributed by atoms with van der Waals surface area (Å²) in [5.74, 6) is 0.828. The summed E-state index contributed by atoms with van der Waals surface area (Å²) in [4.78, 5) is 3.99. The lowest BCUT2D eigenvalue weighted by Gasteiger charge is -2.25. The SMILES string of the molecule is OC1CCC(Oc2cccnc2)CC1. The van der Waals surface area contributed by atoms with E-state index in [2.05, 4.69) is 4.98 Å². The van der Waals surface area contributed by atoms with Crippen molar-refractivity contribution < 1.29 is 9.84 Å². The summed E-state index contributed by atoms with van der Waals surface area (Å²) in [6.07, 6.45) is 7.18. The summed E-state index contributed by atoms with van der Waals surface area (Å²) in [6, 6.07) is 3.78. The molecule has 3 nitrogen and oxygen atoms in total. The van der Waals surface area contributed by atoms with E-state index in [1.54, 1.807) is 12.4 Å². The summed E-state index contributed by atoms with van der Waals surface area (Å²) in [5.41, 5.74) is 0. The van der Waals surface area contributed by atoms with Crippen LogP contribution in [-0.4, -0.2) is 22.3 Å². The van der Waals surface area contributed by atoms with Gasteiger partial charge in [0.25, 0.3) is 0 Å². The van der Waals surface area contributed by atoms with Gasteiger partial charge in [0.15, 0.2) is 0 Å². The van der Waals surface area contributed by atoms with Crippen LogP contribution >= 0.6 is 0 Å². The van der Waals surface area contributed by atoms with Crippen molar-refractivity contribution in [3.8, 4) is 5.75 Å². The average molecular weight is 193 g/mol. The maximum absolute atomic E-state index is 9.33. The van der Waals surface area contributed by atoms with Gasteiger partial charge in [0.05, 0.1) is 18.4 Å². The molecule has 1 fully saturated rings. The fraction of sp³-hybridized carbons (Fsp3) is 0.545. The maximum atomic E-state index is 9.33. The predicted octanol–water partition coefficient (Wildman–Crippen LogP) is 1.76. The number of nitrogens with zero attached hydrogens (tertiary/aromatic N) is 1. The Morgan fingerprint density at radius 2 is 2.07 bits per heavy atom. The highest BCUT2D eigenvalue weighted by atomic mass is 16.5. The van der Waals surface area contributed by atoms with Crippen molar-refractivity contribution in [3.05, 3.63) is 24.5 Å². The molecule has 0 bridgehead atoms. The van der Waals surface area contributed by atoms with Crippen LogP contribution in [-0.2, 0) is 0 Å². The van der Waals surface area contributed by atoms with Gasteiger partial charge < -0.3 is 9.84 Å². The van der Waals surface area contributed by atoms with Crippen LogP contribution in [0, 0.1) is 0 Å². The Morgan fingerprint density at radius 3 is 2.71 bits per heavy atom. The van der Waals surface area contributed by atoms with Gasteiger partial charge in [-0.15, -0.1) is 0 Å². The molecule has 1 aromatic heterocycles. The Kier molecular flexibility index (Phi) is 2.99. The summed E-state index contributed by atoms with van der Waals surface area (Å²) >= 11 is 0. The molecule has 76 valence electrons. The van der Waals surface area contributed by atoms with E-state index in [0.717, 1.165) is 31.4 Å². The molecule has 0 unspecified atom stereocenters. The van der Waals surface area contributed by atoms with Crippen LogP contribution in [0.25, 0.3) is 0 Å². The molecule has 0 atom stereocenters. The standard InChI is InChI=1S/C11H15NO2/c13-9-3-5-10(6-4-9)14-11-2-1-7-12-8-11/h1-2,7-10,13H,3-6H2. The van der Waals surface area contributed by atoms with Crippen molar-refractivity contribution in [2.24, 2.45) is 0 Å². The molecule has 1 N–H and O–H groups in total. The van der Waals surface area contributed by atoms with Crippen LogP contribution in [0.5, 0.6) is 5.75 Å². The molecule has 2 rings (SSSR count). The van der Waals surface area contributed by atoms with Crippen molar-refractivity contribution in [2.45, 2.75) is 37.9 Å². The van der Waals surface area contributed by atoms with Crippen molar-refractivity contribution in [1.82, 2.24) is 4.98 Å². The Balaban J connectivity index is 1.87. The number of aromatic nitrogens is 1. The fourth-order valence-electron chi connectivity index (χ4n) is 1.77. The lowest BCUT2D eigenvalue weighted by atomic mass is 9.95. The first kappa shape index (κ1) is 9.46. The first-order valence-corrected chi connectivity index (χ1v) is 5.09. The van der Waals surface area contributed by atoms with Crippen LogP contribution < -0.4 is 4.74 Å². The third-order valence-electron chi connectivity index (χ3n) is 2.58. The molecule has 0 amide bonds. The number of aliphatic hydroxyl groups is 1. The molecule has 14 heavy (non-hydrogen) atoms. The Bertz CT molecular complexity index is 268. The molecule has 1 aliphatic rings. The van der Waals surface area contributed by atoms with Gasteiger partial charge in [-0.1, -0.05) is 0 Å². The van der Waals surface area contributed by atoms with E-state index in [1.807, 2.05) is 12.1 Å². The molecule has 1 saturated carbocycles. The normalized spacial score (nSPS) is 27.2. The zero-order chi connectivity index (χ0) is 9.80. The van der Waals surface area contributed by atoms with Crippen LogP contribution in [0.15, 0.2) is 24.5 Å². The number of rotatable bonds is 2. The molecule has 0 aromatic carbocycles. The largest absolute Gasteiger partial charge is 0.489 e. The van der Waals surface area contributed by atoms with E-state index in [4.69, 9.17) is 4.74 Å². The molecule has 3 heteroatoms. The summed E-state index contributed by atoms with van der Waals surface area (Å²) < 4.78 is 5.73. The maximum Gasteiger partial charge on any atom is 0.137 e. The van der Waals surface area contributed by atoms with Gasteiger partial charge in [0.1, 0.15) is 5.75 Å². The van der Waals surface area contributed by atoms with Crippen LogP contribution in [0.3, 0.4) is 0 Å². The monoisotopic (exact) mass is 193 g/mol. The van der Waals surface area contributed by atoms with Gasteiger partial charge in [-0.05, 0) is 37.8 Å². The highest BCUT2D eigenvalue weighted by Gasteiger charge is 2.20. The summed E-state index contributed by atoms with van der Waals surface area (Å²) in [6.45, 7) is 0. The second-order valence-electron chi connectivity index (χ2n) is 3.74. The molecule has 0 aliphatic heterocycles. The van der Waals surface area contributed by atoms with Crippen molar-refractivity contribution >= 4 is 0 Å². The third-order valence-corrected chi connectivity index (χ3v) is 2.58. The number of pyridine rings is 1. The molecule has 0 saturated heterocycles. The highest BCUT2D eigenvalue weighted by Crippen LogP contribution is 2.22. The molecular weight excluding hydrogens is 178 g/mol. The van der Waals surface area contributed by atoms with Crippen LogP contribution in [0.2, 0.25) is 0 Å². The average Bonchev–Trinajstić information content (AvgIpc) is 2.23. The molecule has 1 aromatic rings. The van der Waals surface area contributed by atoms with E-state index < -0.39 is 0 Å². The number of hydrogen-bond acceptors (Lipinski definition) is 3. The first-order chi connectivity index (χ1) is 6.84. The van der Waals surface area contributed by atoms with Gasteiger partial charge in [-0.3, -0.25) is 4.98 Å². The molecular formula is C11H15NO2. The lowest BCUT2D eigenvalue weighted by molar-refractivity contribution is 0.0664. The smallest absolute Gasteiger partial charge is 0.137 e. The van der Waals surface area contributed by atoms with Crippen molar-refractivity contribution in [2.75, 3.05) is 0 Å². The van der Waals surface area contributed by atoms with E-state index in [0.29, 0.717) is 0 Å². The second kappa shape index (κ2) is 4.42. The minimum absolute atomic E-state index is 0.122. The van der Waals surface area contributed by atoms with Crippen LogP contribution in [0.1, 0.15) is 25.7 Å². The Hall–Kier alpha value is -1.09. The fourth-order valence-corrected chi connectivity index (χ4v) is 1.77. The zero-order valence-corrected chi connectivity index (χ0v) is 8.10. The number of aliphatic hydroxyl groups excluding tert-OH is 1. The zero-order valence-electron chi connectivity index (χ0n) is 8.10. The molecule has 0 radical (unpaired) electrons. The topological polar surface area (TPSA) is 42.4 Å². The quantitative estimate of drug-likeness (QED) is 0.778. The van der Waals surface area contributed by atoms with Gasteiger partial charge >= 0.3 is 0 Å². The second-order valence-corrected chi connectivity index (χ2v) is 3.74. The third kappa shape index (κ3) is 2.45. The van der Waals surface area contributed by atoms with Crippen LogP contribution in [0.4, 0.5) is 0 Å². The van der Waals surface area contributed by atoms with E-state index >= 15 is 0 Å². The van der Waals surface area contributed by atoms with E-state index in [9.17, 15) is 5.11 Å². The van der Waals surface area contributed by atoms with Gasteiger partial charge in [0, 0.05) is 6.20 Å². The number of ether oxygens (including phenoxy) is 1. The van der Waals surface area contributed by atoms with Gasteiger partial charge in [0.2, 0.25) is 0 Å². The molecule has 1 heterocycles. The van der Waals surface area contributed by atoms with Crippen molar-refractivity contribution in [3.63, 3.8) is 0 Å². The molecule has 1 aliphatic carbocycles. The molecule has 0 spiro atoms. The Labute approximate surface area is 83.7 Å². The van der Waals surface area contributed by atoms with E-state index in [1.165, 1.54) is 0 Å². The van der Waals surface area contributed by atoms with Gasteiger partial charge in [-0.25, -0.2) is 0 Å². The lowest BCUT2D eigenvalue weighted by Crippen LogP contribution is -2.26. The first-order valence-electron chi connectivity index (χ1n) is 5.09. The van der Waals surface area contributed by atoms with Crippen molar-refractivity contribution in [1.29, 1.82) is 0 Å².